The molecule has 0 heterocycles. The fourth-order valence-electron chi connectivity index (χ4n) is 1.97. The van der Waals surface area contributed by atoms with Crippen molar-refractivity contribution in [2.45, 2.75) is 78.1 Å². The molecule has 0 fully saturated rings. The Morgan fingerprint density at radius 1 is 0.800 bits per heavy atom. The van der Waals surface area contributed by atoms with Gasteiger partial charge in [-0.1, -0.05) is 64.4 Å². The third-order valence-corrected chi connectivity index (χ3v) is 3.18. The first-order valence-corrected chi connectivity index (χ1v) is 8.23. The van der Waals surface area contributed by atoms with Gasteiger partial charge in [0.15, 0.2) is 0 Å². The van der Waals surface area contributed by atoms with Crippen LogP contribution in [-0.2, 0) is 0 Å². The van der Waals surface area contributed by atoms with Crippen molar-refractivity contribution < 1.29 is 22.4 Å². The molecule has 2 nitrogen and oxygen atoms in total. The number of nitrogens with one attached hydrogen (secondary N) is 1. The molecular formula is C17H38ClNO. The summed E-state index contributed by atoms with van der Waals surface area (Å²) in [5, 5.41) is 7.69. The van der Waals surface area contributed by atoms with E-state index in [0.29, 0.717) is 0 Å². The second-order valence-electron chi connectivity index (χ2n) is 5.62. The van der Waals surface area contributed by atoms with Gasteiger partial charge in [-0.2, -0.15) is 0 Å². The van der Waals surface area contributed by atoms with Gasteiger partial charge >= 0.3 is 0 Å². The van der Waals surface area contributed by atoms with E-state index in [1.165, 1.54) is 70.8 Å². The summed E-state index contributed by atoms with van der Waals surface area (Å²) in [4.78, 5) is 1.59. The van der Waals surface area contributed by atoms with Crippen LogP contribution in [0.2, 0.25) is 0 Å². The minimum atomic E-state index is 0. The van der Waals surface area contributed by atoms with Crippen LogP contribution < -0.4 is 17.3 Å². The second kappa shape index (κ2) is 23.9. The van der Waals surface area contributed by atoms with E-state index in [1.54, 1.807) is 17.9 Å². The summed E-state index contributed by atoms with van der Waals surface area (Å²) in [6, 6.07) is 0. The van der Waals surface area contributed by atoms with Crippen molar-refractivity contribution in [3.8, 4) is 0 Å². The maximum Gasteiger partial charge on any atom is 0.0766 e. The average molecular weight is 308 g/mol. The van der Waals surface area contributed by atoms with Gasteiger partial charge in [0.05, 0.1) is 26.9 Å². The molecule has 3 heteroatoms. The molecule has 0 bridgehead atoms. The zero-order valence-corrected chi connectivity index (χ0v) is 15.0. The maximum atomic E-state index is 7.69. The molecule has 0 radical (unpaired) electrons. The number of aliphatic hydroxyl groups excluding tert-OH is 1. The largest absolute Gasteiger partial charge is 1.00 e. The van der Waals surface area contributed by atoms with E-state index < -0.39 is 0 Å². The van der Waals surface area contributed by atoms with Gasteiger partial charge in [-0.15, -0.1) is 0 Å². The first-order chi connectivity index (χ1) is 9.18. The van der Waals surface area contributed by atoms with Crippen LogP contribution in [0.15, 0.2) is 12.3 Å². The molecule has 0 rings (SSSR count). The highest BCUT2D eigenvalue weighted by molar-refractivity contribution is 4.60. The van der Waals surface area contributed by atoms with Crippen molar-refractivity contribution >= 4 is 0 Å². The second-order valence-corrected chi connectivity index (χ2v) is 5.62. The first-order valence-electron chi connectivity index (χ1n) is 8.23. The van der Waals surface area contributed by atoms with Crippen LogP contribution in [0.4, 0.5) is 0 Å². The Labute approximate surface area is 134 Å². The lowest BCUT2D eigenvalue weighted by Crippen LogP contribution is -3.05. The van der Waals surface area contributed by atoms with Crippen LogP contribution in [0, 0.1) is 0 Å². The number of allylic oxidation sites excluding steroid dienone is 1. The number of halogens is 1. The van der Waals surface area contributed by atoms with Crippen LogP contribution >= 0.6 is 0 Å². The Kier molecular flexibility index (Phi) is 29.6. The minimum Gasteiger partial charge on any atom is -1.00 e. The van der Waals surface area contributed by atoms with Crippen molar-refractivity contribution in [3.63, 3.8) is 0 Å². The van der Waals surface area contributed by atoms with Crippen molar-refractivity contribution in [2.24, 2.45) is 0 Å². The summed E-state index contributed by atoms with van der Waals surface area (Å²) < 4.78 is 0. The molecule has 0 aromatic carbocycles. The molecule has 124 valence electrons. The van der Waals surface area contributed by atoms with Crippen LogP contribution in [0.25, 0.3) is 0 Å². The Morgan fingerprint density at radius 2 is 1.15 bits per heavy atom. The standard InChI is InChI=1S/C14H31N.C3H6O.ClH/c1-4-5-6-7-8-9-10-11-12-13-14-15(2)3;1-2-3-4;/h4-14H2,1-3H3;2-4H,1H3;1H. The van der Waals surface area contributed by atoms with E-state index in [4.69, 9.17) is 5.11 Å². The molecular weight excluding hydrogens is 270 g/mol. The zero-order valence-electron chi connectivity index (χ0n) is 14.3. The van der Waals surface area contributed by atoms with Crippen LogP contribution in [-0.4, -0.2) is 25.7 Å². The lowest BCUT2D eigenvalue weighted by molar-refractivity contribution is -0.858. The van der Waals surface area contributed by atoms with E-state index in [1.807, 2.05) is 0 Å². The molecule has 0 aliphatic carbocycles. The van der Waals surface area contributed by atoms with Gasteiger partial charge in [-0.05, 0) is 19.8 Å². The van der Waals surface area contributed by atoms with Crippen molar-refractivity contribution in [1.29, 1.82) is 0 Å². The van der Waals surface area contributed by atoms with Gasteiger partial charge in [-0.25, -0.2) is 0 Å². The Bertz CT molecular complexity index is 168. The lowest BCUT2D eigenvalue weighted by Gasteiger charge is -2.06. The van der Waals surface area contributed by atoms with Crippen molar-refractivity contribution in [1.82, 2.24) is 0 Å². The minimum absolute atomic E-state index is 0. The Hall–Kier alpha value is -0.210. The molecule has 20 heavy (non-hydrogen) atoms. The topological polar surface area (TPSA) is 24.7 Å². The number of hydrogen-bond acceptors (Lipinski definition) is 1. The molecule has 0 amide bonds. The molecule has 0 aromatic rings. The van der Waals surface area contributed by atoms with E-state index in [0.717, 1.165) is 6.26 Å². The molecule has 0 unspecified atom stereocenters. The number of unbranched alkanes of at least 4 members (excludes halogenated alkanes) is 9. The van der Waals surface area contributed by atoms with Gasteiger partial charge in [0.25, 0.3) is 0 Å². The summed E-state index contributed by atoms with van der Waals surface area (Å²) in [5.41, 5.74) is 0. The van der Waals surface area contributed by atoms with Crippen molar-refractivity contribution in [3.05, 3.63) is 12.3 Å². The zero-order chi connectivity index (χ0) is 14.8. The summed E-state index contributed by atoms with van der Waals surface area (Å²) in [6.45, 7) is 5.38. The predicted octanol–water partition coefficient (Wildman–Crippen LogP) is 1.13. The summed E-state index contributed by atoms with van der Waals surface area (Å²) in [5.74, 6) is 0. The Balaban J connectivity index is -0.000000508. The van der Waals surface area contributed by atoms with E-state index in [-0.39, 0.29) is 12.4 Å². The summed E-state index contributed by atoms with van der Waals surface area (Å²) in [7, 11) is 4.49. The van der Waals surface area contributed by atoms with E-state index in [9.17, 15) is 0 Å². The maximum absolute atomic E-state index is 7.69. The highest BCUT2D eigenvalue weighted by Gasteiger charge is 1.94. The normalized spacial score (nSPS) is 10.2. The SMILES string of the molecule is CC=CO.CCCCCCCCCCCC[NH+](C)C.[Cl-]. The number of aliphatic hydroxyl groups is 1. The van der Waals surface area contributed by atoms with E-state index >= 15 is 0 Å². The average Bonchev–Trinajstić information content (AvgIpc) is 2.41. The Morgan fingerprint density at radius 3 is 1.45 bits per heavy atom. The third-order valence-electron chi connectivity index (χ3n) is 3.18. The fourth-order valence-corrected chi connectivity index (χ4v) is 1.97. The molecule has 0 atom stereocenters. The monoisotopic (exact) mass is 307 g/mol. The van der Waals surface area contributed by atoms with Crippen molar-refractivity contribution in [2.75, 3.05) is 20.6 Å². The predicted molar refractivity (Wildman–Crippen MR) is 87.0 cm³/mol. The summed E-state index contributed by atoms with van der Waals surface area (Å²) >= 11 is 0. The van der Waals surface area contributed by atoms with Gasteiger partial charge in [0.2, 0.25) is 0 Å². The molecule has 0 spiro atoms. The number of quaternary nitrogens is 1. The quantitative estimate of drug-likeness (QED) is 0.434. The first kappa shape index (κ1) is 24.8. The van der Waals surface area contributed by atoms with Crippen LogP contribution in [0.3, 0.4) is 0 Å². The lowest BCUT2D eigenvalue weighted by atomic mass is 10.1. The number of rotatable bonds is 11. The molecule has 2 N–H and O–H groups in total. The molecule has 0 aliphatic rings. The molecule has 0 aromatic heterocycles. The van der Waals surface area contributed by atoms with Crippen LogP contribution in [0.5, 0.6) is 0 Å². The smallest absolute Gasteiger partial charge is 0.0766 e. The van der Waals surface area contributed by atoms with Gasteiger partial charge in [-0.3, -0.25) is 0 Å². The van der Waals surface area contributed by atoms with Crippen LogP contribution in [0.1, 0.15) is 78.1 Å². The summed E-state index contributed by atoms with van der Waals surface area (Å²) in [6.07, 6.45) is 17.0. The highest BCUT2D eigenvalue weighted by Crippen LogP contribution is 2.09. The fraction of sp³-hybridized carbons (Fsp3) is 0.882. The van der Waals surface area contributed by atoms with Gasteiger partial charge in [0, 0.05) is 0 Å². The molecule has 0 saturated carbocycles. The van der Waals surface area contributed by atoms with Gasteiger partial charge < -0.3 is 22.4 Å². The highest BCUT2D eigenvalue weighted by atomic mass is 35.5. The van der Waals surface area contributed by atoms with Gasteiger partial charge in [0.1, 0.15) is 0 Å². The third kappa shape index (κ3) is 30.7. The number of hydrogen-bond donors (Lipinski definition) is 2. The molecule has 0 aliphatic heterocycles. The molecule has 0 saturated heterocycles. The van der Waals surface area contributed by atoms with E-state index in [2.05, 4.69) is 21.0 Å².